The molecule has 0 fully saturated rings. The number of para-hydroxylation sites is 1. The fraction of sp³-hybridized carbons (Fsp3) is 0.0526. The van der Waals surface area contributed by atoms with Crippen molar-refractivity contribution >= 4 is 17.1 Å². The maximum Gasteiger partial charge on any atom is 0.146 e. The molecule has 3 N–H and O–H groups in total. The van der Waals surface area contributed by atoms with Gasteiger partial charge in [0.15, 0.2) is 0 Å². The van der Waals surface area contributed by atoms with Gasteiger partial charge in [-0.1, -0.05) is 18.2 Å². The van der Waals surface area contributed by atoms with E-state index in [1.165, 1.54) is 0 Å². The van der Waals surface area contributed by atoms with E-state index in [9.17, 15) is 0 Å². The summed E-state index contributed by atoms with van der Waals surface area (Å²) in [5.41, 5.74) is 8.26. The minimum atomic E-state index is 0.699. The molecular weight excluding hydrogens is 288 g/mol. The Labute approximate surface area is 135 Å². The third-order valence-electron chi connectivity index (χ3n) is 3.34. The summed E-state index contributed by atoms with van der Waals surface area (Å²) in [5.74, 6) is 2.14. The summed E-state index contributed by atoms with van der Waals surface area (Å²) in [4.78, 5) is 0. The molecule has 0 saturated carbocycles. The number of anilines is 3. The second-order valence-electron chi connectivity index (χ2n) is 5.02. The number of nitrogens with one attached hydrogen (secondary N) is 1. The molecule has 0 aliphatic rings. The van der Waals surface area contributed by atoms with Gasteiger partial charge < -0.3 is 20.5 Å². The van der Waals surface area contributed by atoms with E-state index in [4.69, 9.17) is 15.2 Å². The number of hydrogen-bond donors (Lipinski definition) is 2. The van der Waals surface area contributed by atoms with E-state index in [1.807, 2.05) is 60.7 Å². The standard InChI is InChI=1S/C19H18N2O2/c1-22-19-13-17(23-16-9-7-14(20)8-10-16)11-12-18(19)21-15-5-3-2-4-6-15/h2-13,21H,20H2,1H3. The normalized spacial score (nSPS) is 10.1. The molecular formula is C19H18N2O2. The molecule has 0 amide bonds. The average Bonchev–Trinajstić information content (AvgIpc) is 2.59. The first kappa shape index (κ1) is 14.8. The quantitative estimate of drug-likeness (QED) is 0.664. The van der Waals surface area contributed by atoms with Crippen molar-refractivity contribution in [1.29, 1.82) is 0 Å². The van der Waals surface area contributed by atoms with Crippen molar-refractivity contribution < 1.29 is 9.47 Å². The van der Waals surface area contributed by atoms with Gasteiger partial charge in [0.05, 0.1) is 12.8 Å². The van der Waals surface area contributed by atoms with Crippen LogP contribution < -0.4 is 20.5 Å². The zero-order valence-electron chi connectivity index (χ0n) is 12.8. The molecule has 0 aliphatic carbocycles. The van der Waals surface area contributed by atoms with Crippen LogP contribution in [0.25, 0.3) is 0 Å². The van der Waals surface area contributed by atoms with Crippen molar-refractivity contribution in [2.75, 3.05) is 18.2 Å². The average molecular weight is 306 g/mol. The molecule has 116 valence electrons. The fourth-order valence-corrected chi connectivity index (χ4v) is 2.19. The minimum Gasteiger partial charge on any atom is -0.494 e. The fourth-order valence-electron chi connectivity index (χ4n) is 2.19. The van der Waals surface area contributed by atoms with E-state index in [1.54, 1.807) is 19.2 Å². The summed E-state index contributed by atoms with van der Waals surface area (Å²) in [6, 6.07) is 22.9. The number of nitrogen functional groups attached to an aromatic ring is 1. The molecule has 0 bridgehead atoms. The van der Waals surface area contributed by atoms with E-state index < -0.39 is 0 Å². The van der Waals surface area contributed by atoms with Gasteiger partial charge in [-0.25, -0.2) is 0 Å². The molecule has 0 spiro atoms. The highest BCUT2D eigenvalue weighted by Crippen LogP contribution is 2.33. The largest absolute Gasteiger partial charge is 0.494 e. The topological polar surface area (TPSA) is 56.5 Å². The molecule has 0 saturated heterocycles. The first-order chi connectivity index (χ1) is 11.2. The van der Waals surface area contributed by atoms with Crippen molar-refractivity contribution in [2.45, 2.75) is 0 Å². The van der Waals surface area contributed by atoms with Gasteiger partial charge >= 0.3 is 0 Å². The Balaban J connectivity index is 1.80. The Morgan fingerprint density at radius 1 is 0.826 bits per heavy atom. The molecule has 0 unspecified atom stereocenters. The van der Waals surface area contributed by atoms with Crippen LogP contribution in [0.5, 0.6) is 17.2 Å². The summed E-state index contributed by atoms with van der Waals surface area (Å²) in [6.07, 6.45) is 0. The summed E-state index contributed by atoms with van der Waals surface area (Å²) in [7, 11) is 1.64. The molecule has 0 heterocycles. The maximum atomic E-state index is 5.82. The van der Waals surface area contributed by atoms with Gasteiger partial charge in [-0.05, 0) is 48.5 Å². The number of ether oxygens (including phenoxy) is 2. The van der Waals surface area contributed by atoms with Crippen molar-refractivity contribution in [3.8, 4) is 17.2 Å². The minimum absolute atomic E-state index is 0.699. The number of hydrogen-bond acceptors (Lipinski definition) is 4. The van der Waals surface area contributed by atoms with Crippen LogP contribution in [0.4, 0.5) is 17.1 Å². The van der Waals surface area contributed by atoms with Crippen LogP contribution in [0.2, 0.25) is 0 Å². The molecule has 3 rings (SSSR count). The highest BCUT2D eigenvalue weighted by Gasteiger charge is 2.06. The van der Waals surface area contributed by atoms with Crippen LogP contribution in [0, 0.1) is 0 Å². The van der Waals surface area contributed by atoms with Crippen LogP contribution in [-0.2, 0) is 0 Å². The molecule has 4 heteroatoms. The molecule has 3 aromatic rings. The lowest BCUT2D eigenvalue weighted by atomic mass is 10.2. The molecule has 0 aromatic heterocycles. The first-order valence-electron chi connectivity index (χ1n) is 7.28. The lowest BCUT2D eigenvalue weighted by Crippen LogP contribution is -1.95. The van der Waals surface area contributed by atoms with Gasteiger partial charge in [-0.3, -0.25) is 0 Å². The Hall–Kier alpha value is -3.14. The molecule has 23 heavy (non-hydrogen) atoms. The predicted molar refractivity (Wildman–Crippen MR) is 93.6 cm³/mol. The highest BCUT2D eigenvalue weighted by atomic mass is 16.5. The third kappa shape index (κ3) is 3.74. The van der Waals surface area contributed by atoms with Crippen molar-refractivity contribution in [3.05, 3.63) is 72.8 Å². The number of methoxy groups -OCH3 is 1. The van der Waals surface area contributed by atoms with Crippen LogP contribution in [-0.4, -0.2) is 7.11 Å². The lowest BCUT2D eigenvalue weighted by molar-refractivity contribution is 0.411. The molecule has 0 atom stereocenters. The third-order valence-corrected chi connectivity index (χ3v) is 3.34. The number of nitrogens with two attached hydrogens (primary N) is 1. The van der Waals surface area contributed by atoms with E-state index in [0.29, 0.717) is 17.2 Å². The van der Waals surface area contributed by atoms with Crippen LogP contribution >= 0.6 is 0 Å². The van der Waals surface area contributed by atoms with Crippen molar-refractivity contribution in [1.82, 2.24) is 0 Å². The van der Waals surface area contributed by atoms with Crippen LogP contribution in [0.1, 0.15) is 0 Å². The first-order valence-corrected chi connectivity index (χ1v) is 7.28. The SMILES string of the molecule is COc1cc(Oc2ccc(N)cc2)ccc1Nc1ccccc1. The smallest absolute Gasteiger partial charge is 0.146 e. The summed E-state index contributed by atoms with van der Waals surface area (Å²) in [5, 5.41) is 3.32. The maximum absolute atomic E-state index is 5.82. The summed E-state index contributed by atoms with van der Waals surface area (Å²) < 4.78 is 11.3. The summed E-state index contributed by atoms with van der Waals surface area (Å²) >= 11 is 0. The zero-order chi connectivity index (χ0) is 16.1. The van der Waals surface area contributed by atoms with Gasteiger partial charge in [-0.15, -0.1) is 0 Å². The van der Waals surface area contributed by atoms with Gasteiger partial charge in [0, 0.05) is 17.4 Å². The number of benzene rings is 3. The van der Waals surface area contributed by atoms with E-state index in [-0.39, 0.29) is 0 Å². The van der Waals surface area contributed by atoms with Gasteiger partial charge in [0.1, 0.15) is 17.2 Å². The molecule has 4 nitrogen and oxygen atoms in total. The second-order valence-corrected chi connectivity index (χ2v) is 5.02. The van der Waals surface area contributed by atoms with Crippen molar-refractivity contribution in [3.63, 3.8) is 0 Å². The zero-order valence-corrected chi connectivity index (χ0v) is 12.8. The van der Waals surface area contributed by atoms with Gasteiger partial charge in [-0.2, -0.15) is 0 Å². The number of rotatable bonds is 5. The Morgan fingerprint density at radius 3 is 2.22 bits per heavy atom. The molecule has 3 aromatic carbocycles. The van der Waals surface area contributed by atoms with Crippen LogP contribution in [0.3, 0.4) is 0 Å². The van der Waals surface area contributed by atoms with Crippen molar-refractivity contribution in [2.24, 2.45) is 0 Å². The monoisotopic (exact) mass is 306 g/mol. The highest BCUT2D eigenvalue weighted by molar-refractivity contribution is 5.67. The van der Waals surface area contributed by atoms with Gasteiger partial charge in [0.25, 0.3) is 0 Å². The Kier molecular flexibility index (Phi) is 4.34. The second kappa shape index (κ2) is 6.75. The Bertz CT molecular complexity index is 771. The van der Waals surface area contributed by atoms with E-state index >= 15 is 0 Å². The predicted octanol–water partition coefficient (Wildman–Crippen LogP) is 4.81. The Morgan fingerprint density at radius 2 is 1.52 bits per heavy atom. The molecule has 0 aliphatic heterocycles. The van der Waals surface area contributed by atoms with Gasteiger partial charge in [0.2, 0.25) is 0 Å². The van der Waals surface area contributed by atoms with E-state index in [0.717, 1.165) is 17.1 Å². The van der Waals surface area contributed by atoms with E-state index in [2.05, 4.69) is 5.32 Å². The van der Waals surface area contributed by atoms with Crippen LogP contribution in [0.15, 0.2) is 72.8 Å². The lowest BCUT2D eigenvalue weighted by Gasteiger charge is -2.13. The summed E-state index contributed by atoms with van der Waals surface area (Å²) in [6.45, 7) is 0. The molecule has 0 radical (unpaired) electrons.